The molecule has 2 saturated carbocycles. The van der Waals surface area contributed by atoms with Crippen molar-refractivity contribution in [3.8, 4) is 22.8 Å². The van der Waals surface area contributed by atoms with Crippen LogP contribution in [0, 0.1) is 13.8 Å². The summed E-state index contributed by atoms with van der Waals surface area (Å²) in [6, 6.07) is 22.6. The molecule has 0 aliphatic heterocycles. The SMILES string of the molecule is Cc1nc(-c2cccc(CBr)c2)no1.Cc1nc(-c2cccc(Cn3nc(C4CC4)ccc3=O)c2)no1.O=CO[O-].O=c1ccc(C2CC2)n[nH]1.[2H]CF.[Cs+].[Cs+].[H-]. The number of benzene rings is 2. The molecular formula is C36H38BrCs2FN8O7. The van der Waals surface area contributed by atoms with Gasteiger partial charge in [-0.3, -0.25) is 18.8 Å². The zero-order chi connectivity index (χ0) is 38.9. The van der Waals surface area contributed by atoms with Crippen molar-refractivity contribution in [1.82, 2.24) is 40.3 Å². The Morgan fingerprint density at radius 1 is 0.909 bits per heavy atom. The normalized spacial score (nSPS) is 12.4. The Kier molecular flexibility index (Phi) is 23.0. The van der Waals surface area contributed by atoms with E-state index in [0.29, 0.717) is 41.8 Å². The Morgan fingerprint density at radius 2 is 1.42 bits per heavy atom. The number of H-pyrrole nitrogens is 1. The standard InChI is InChI=1S/C17H16N4O2.C10H9BrN2O.C7H8N2O.CH3F.CH2O3.2Cs.H/c1-11-18-17(20-23-11)14-4-2-3-12(9-14)10-21-16(22)8-7-15(19-21)13-5-6-13;1-7-12-10(13-14-7)9-4-2-3-8(5-9)6-11;10-7-4-3-6(8-9-7)5-1-2-5;1-2;2-1-4-3;;;/h2-4,7-9,13H,5-6,10H2,1H3;2-5H,6H2,1H3;3-5H,1-2H2,(H,9,10);1H3;1,3H;;;/q;;;;;2*+1;-1/p-1/i;;;1D;;;;. The van der Waals surface area contributed by atoms with Gasteiger partial charge < -0.3 is 20.6 Å². The predicted molar refractivity (Wildman–Crippen MR) is 193 cm³/mol. The van der Waals surface area contributed by atoms with Crippen LogP contribution in [0.5, 0.6) is 0 Å². The molecule has 0 spiro atoms. The van der Waals surface area contributed by atoms with Crippen molar-refractivity contribution in [3.05, 3.63) is 128 Å². The minimum absolute atomic E-state index is 0. The first-order valence-electron chi connectivity index (χ1n) is 16.9. The molecule has 2 aromatic carbocycles. The van der Waals surface area contributed by atoms with Gasteiger partial charge in [-0.25, -0.2) is 9.78 Å². The van der Waals surface area contributed by atoms with Gasteiger partial charge in [-0.2, -0.15) is 20.2 Å². The summed E-state index contributed by atoms with van der Waals surface area (Å²) in [5.41, 5.74) is 5.86. The van der Waals surface area contributed by atoms with Gasteiger partial charge in [0.25, 0.3) is 17.6 Å². The molecule has 0 bridgehead atoms. The van der Waals surface area contributed by atoms with E-state index in [1.54, 1.807) is 26.0 Å². The van der Waals surface area contributed by atoms with Gasteiger partial charge in [-0.05, 0) is 61.1 Å². The smallest absolute Gasteiger partial charge is 1.00 e. The summed E-state index contributed by atoms with van der Waals surface area (Å²) < 4.78 is 27.0. The average molecular weight is 1060 g/mol. The zero-order valence-electron chi connectivity index (χ0n) is 32.9. The van der Waals surface area contributed by atoms with Crippen LogP contribution in [0.4, 0.5) is 4.39 Å². The van der Waals surface area contributed by atoms with E-state index >= 15 is 0 Å². The minimum Gasteiger partial charge on any atom is -1.00 e. The third-order valence-electron chi connectivity index (χ3n) is 7.53. The molecule has 0 atom stereocenters. The summed E-state index contributed by atoms with van der Waals surface area (Å²) in [6.45, 7) is 3.79. The Bertz CT molecular complexity index is 2180. The maximum atomic E-state index is 12.0. The van der Waals surface area contributed by atoms with Gasteiger partial charge in [0.2, 0.25) is 23.4 Å². The van der Waals surface area contributed by atoms with Crippen molar-refractivity contribution < 1.29 is 169 Å². The molecule has 2 aliphatic rings. The number of halogens is 2. The fourth-order valence-corrected chi connectivity index (χ4v) is 5.09. The molecule has 0 saturated heterocycles. The van der Waals surface area contributed by atoms with Crippen LogP contribution in [-0.2, 0) is 21.6 Å². The summed E-state index contributed by atoms with van der Waals surface area (Å²) in [7, 11) is -1.00. The minimum atomic E-state index is -1.00. The van der Waals surface area contributed by atoms with E-state index in [2.05, 4.69) is 56.4 Å². The van der Waals surface area contributed by atoms with Crippen LogP contribution in [0.3, 0.4) is 0 Å². The second-order valence-corrected chi connectivity index (χ2v) is 12.2. The van der Waals surface area contributed by atoms with Gasteiger partial charge in [0.05, 0.1) is 26.5 Å². The molecule has 2 aliphatic carbocycles. The van der Waals surface area contributed by atoms with E-state index in [1.165, 1.54) is 29.2 Å². The molecule has 0 amide bonds. The molecule has 4 aromatic heterocycles. The number of carbonyl (C=O) groups is 1. The first-order valence-corrected chi connectivity index (χ1v) is 17.4. The number of hydrogen-bond donors (Lipinski definition) is 1. The fourth-order valence-electron chi connectivity index (χ4n) is 4.74. The van der Waals surface area contributed by atoms with Crippen LogP contribution in [-0.4, -0.2) is 53.9 Å². The Morgan fingerprint density at radius 3 is 1.87 bits per heavy atom. The van der Waals surface area contributed by atoms with Crippen molar-refractivity contribution in [2.45, 2.75) is 63.2 Å². The second kappa shape index (κ2) is 26.4. The van der Waals surface area contributed by atoms with Crippen molar-refractivity contribution in [2.75, 3.05) is 7.15 Å². The van der Waals surface area contributed by atoms with E-state index in [0.717, 1.165) is 46.2 Å². The molecule has 280 valence electrons. The summed E-state index contributed by atoms with van der Waals surface area (Å²) in [5.74, 6) is 3.46. The van der Waals surface area contributed by atoms with Gasteiger partial charge in [0, 0.05) is 54.3 Å². The second-order valence-electron chi connectivity index (χ2n) is 11.6. The molecule has 0 radical (unpaired) electrons. The fraction of sp³-hybridized carbons (Fsp3) is 0.306. The van der Waals surface area contributed by atoms with Crippen LogP contribution in [0.15, 0.2) is 91.4 Å². The van der Waals surface area contributed by atoms with E-state index < -0.39 is 7.15 Å². The topological polar surface area (TPSA) is 208 Å². The van der Waals surface area contributed by atoms with E-state index in [1.807, 2.05) is 54.6 Å². The van der Waals surface area contributed by atoms with E-state index in [4.69, 9.17) is 20.5 Å². The maximum absolute atomic E-state index is 12.0. The maximum Gasteiger partial charge on any atom is 1.00 e. The van der Waals surface area contributed by atoms with E-state index in [9.17, 15) is 14.0 Å². The Labute approximate surface area is 444 Å². The number of nitrogens with one attached hydrogen (secondary N) is 1. The van der Waals surface area contributed by atoms with Gasteiger partial charge in [-0.1, -0.05) is 62.6 Å². The number of rotatable bonds is 8. The number of aromatic nitrogens is 8. The summed E-state index contributed by atoms with van der Waals surface area (Å²) in [5, 5.41) is 27.9. The van der Waals surface area contributed by atoms with E-state index in [-0.39, 0.29) is 157 Å². The number of nitrogens with zero attached hydrogens (tertiary/aromatic N) is 7. The van der Waals surface area contributed by atoms with Crippen molar-refractivity contribution in [2.24, 2.45) is 0 Å². The third kappa shape index (κ3) is 17.0. The van der Waals surface area contributed by atoms with Gasteiger partial charge in [0.1, 0.15) is 0 Å². The monoisotopic (exact) mass is 1060 g/mol. The molecule has 2 fully saturated rings. The average Bonchev–Trinajstić information content (AvgIpc) is 4.13. The first kappa shape index (κ1) is 47.8. The Balaban J connectivity index is 0.000000411. The third-order valence-corrected chi connectivity index (χ3v) is 8.18. The Hall–Kier alpha value is -1.58. The van der Waals surface area contributed by atoms with Crippen LogP contribution in [0.2, 0.25) is 0 Å². The van der Waals surface area contributed by atoms with Crippen molar-refractivity contribution in [3.63, 3.8) is 0 Å². The number of aryl methyl sites for hydroxylation is 2. The zero-order valence-corrected chi connectivity index (χ0v) is 45.0. The van der Waals surface area contributed by atoms with Crippen LogP contribution >= 0.6 is 15.9 Å². The molecular weight excluding hydrogens is 1020 g/mol. The van der Waals surface area contributed by atoms with Crippen LogP contribution < -0.4 is 154 Å². The molecule has 1 N–H and O–H groups in total. The molecule has 19 heteroatoms. The van der Waals surface area contributed by atoms with Crippen LogP contribution in [0.25, 0.3) is 22.8 Å². The van der Waals surface area contributed by atoms with Gasteiger partial charge in [-0.15, -0.1) is 0 Å². The molecule has 4 heterocycles. The number of alkyl halides is 2. The van der Waals surface area contributed by atoms with Crippen molar-refractivity contribution >= 4 is 22.4 Å². The number of aromatic amines is 1. The quantitative estimate of drug-likeness (QED) is 0.0864. The summed E-state index contributed by atoms with van der Waals surface area (Å²) in [6.07, 6.45) is 4.77. The van der Waals surface area contributed by atoms with Gasteiger partial charge >= 0.3 is 138 Å². The molecule has 15 nitrogen and oxygen atoms in total. The summed E-state index contributed by atoms with van der Waals surface area (Å²) >= 11 is 3.41. The largest absolute Gasteiger partial charge is 1.00 e. The number of carbonyl (C=O) groups excluding carboxylic acids is 1. The van der Waals surface area contributed by atoms with Crippen LogP contribution in [0.1, 0.15) is 74.6 Å². The molecule has 6 aromatic rings. The molecule has 8 rings (SSSR count). The first-order chi connectivity index (χ1) is 26.2. The van der Waals surface area contributed by atoms with Gasteiger partial charge in [0.15, 0.2) is 0 Å². The predicted octanol–water partition coefficient (Wildman–Crippen LogP) is -0.744. The summed E-state index contributed by atoms with van der Waals surface area (Å²) in [4.78, 5) is 42.2. The molecule has 55 heavy (non-hydrogen) atoms. The number of hydrogen-bond acceptors (Lipinski definition) is 13. The molecule has 0 unspecified atom stereocenters. The van der Waals surface area contributed by atoms with Crippen molar-refractivity contribution in [1.29, 1.82) is 0 Å².